The Morgan fingerprint density at radius 1 is 1.14 bits per heavy atom. The molecule has 0 spiro atoms. The molecule has 0 radical (unpaired) electrons. The lowest BCUT2D eigenvalue weighted by Gasteiger charge is -2.28. The van der Waals surface area contributed by atoms with Crippen molar-refractivity contribution in [3.8, 4) is 0 Å². The van der Waals surface area contributed by atoms with E-state index in [2.05, 4.69) is 0 Å². The fraction of sp³-hybridized carbons (Fsp3) is 0.769. The van der Waals surface area contributed by atoms with E-state index in [0.717, 1.165) is 0 Å². The Bertz CT molecular complexity index is 404. The SMILES string of the molecule is CC(C)(C)OC(=O)C(N)(CCC(N)CCC(=O)O)C(=O)O. The van der Waals surface area contributed by atoms with E-state index < -0.39 is 35.1 Å². The molecule has 0 aromatic carbocycles. The summed E-state index contributed by atoms with van der Waals surface area (Å²) in [4.78, 5) is 33.6. The molecular weight excluding hydrogens is 280 g/mol. The highest BCUT2D eigenvalue weighted by Gasteiger charge is 2.45. The summed E-state index contributed by atoms with van der Waals surface area (Å²) in [7, 11) is 0. The van der Waals surface area contributed by atoms with Gasteiger partial charge in [0.25, 0.3) is 0 Å². The molecule has 0 aromatic heterocycles. The largest absolute Gasteiger partial charge is 0.481 e. The van der Waals surface area contributed by atoms with Crippen LogP contribution in [0, 0.1) is 0 Å². The van der Waals surface area contributed by atoms with E-state index in [0.29, 0.717) is 0 Å². The van der Waals surface area contributed by atoms with Gasteiger partial charge in [-0.2, -0.15) is 0 Å². The minimum absolute atomic E-state index is 0.106. The van der Waals surface area contributed by atoms with Gasteiger partial charge in [0.2, 0.25) is 5.54 Å². The average molecular weight is 304 g/mol. The number of carboxylic acid groups (broad SMARTS) is 2. The number of hydrogen-bond acceptors (Lipinski definition) is 6. The number of carbonyl (C=O) groups is 3. The molecule has 0 aliphatic carbocycles. The number of carboxylic acids is 2. The fourth-order valence-electron chi connectivity index (χ4n) is 1.53. The van der Waals surface area contributed by atoms with Crippen LogP contribution in [0.2, 0.25) is 0 Å². The molecular formula is C13H24N2O6. The summed E-state index contributed by atoms with van der Waals surface area (Å²) in [6, 6.07) is -0.550. The van der Waals surface area contributed by atoms with Crippen molar-refractivity contribution in [2.75, 3.05) is 0 Å². The maximum absolute atomic E-state index is 11.9. The van der Waals surface area contributed by atoms with Crippen LogP contribution in [0.5, 0.6) is 0 Å². The average Bonchev–Trinajstić information content (AvgIpc) is 2.30. The van der Waals surface area contributed by atoms with Crippen molar-refractivity contribution in [1.29, 1.82) is 0 Å². The van der Waals surface area contributed by atoms with E-state index in [9.17, 15) is 19.5 Å². The summed E-state index contributed by atoms with van der Waals surface area (Å²) in [5.74, 6) is -3.52. The maximum atomic E-state index is 11.9. The molecule has 0 aromatic rings. The van der Waals surface area contributed by atoms with Crippen LogP contribution in [0.1, 0.15) is 46.5 Å². The molecule has 0 amide bonds. The Labute approximate surface area is 123 Å². The lowest BCUT2D eigenvalue weighted by Crippen LogP contribution is -2.57. The molecule has 122 valence electrons. The lowest BCUT2D eigenvalue weighted by atomic mass is 9.91. The zero-order valence-corrected chi connectivity index (χ0v) is 12.6. The molecule has 0 saturated carbocycles. The van der Waals surface area contributed by atoms with Gasteiger partial charge in [0.15, 0.2) is 0 Å². The van der Waals surface area contributed by atoms with Gasteiger partial charge in [-0.15, -0.1) is 0 Å². The number of nitrogens with two attached hydrogens (primary N) is 2. The topological polar surface area (TPSA) is 153 Å². The third-order valence-corrected chi connectivity index (χ3v) is 2.78. The smallest absolute Gasteiger partial charge is 0.338 e. The second kappa shape index (κ2) is 7.37. The van der Waals surface area contributed by atoms with Gasteiger partial charge in [-0.3, -0.25) is 4.79 Å². The first kappa shape index (κ1) is 19.3. The van der Waals surface area contributed by atoms with Crippen LogP contribution in [0.25, 0.3) is 0 Å². The van der Waals surface area contributed by atoms with E-state index in [-0.39, 0.29) is 25.7 Å². The molecule has 0 fully saturated rings. The molecule has 8 nitrogen and oxygen atoms in total. The van der Waals surface area contributed by atoms with Gasteiger partial charge < -0.3 is 26.4 Å². The van der Waals surface area contributed by atoms with Crippen LogP contribution in [-0.2, 0) is 19.1 Å². The summed E-state index contributed by atoms with van der Waals surface area (Å²) in [5.41, 5.74) is 8.30. The normalized spacial score (nSPS) is 15.9. The third kappa shape index (κ3) is 7.05. The molecule has 2 atom stereocenters. The van der Waals surface area contributed by atoms with Crippen molar-refractivity contribution in [3.05, 3.63) is 0 Å². The highest BCUT2D eigenvalue weighted by molar-refractivity contribution is 6.03. The summed E-state index contributed by atoms with van der Waals surface area (Å²) in [6.45, 7) is 4.81. The van der Waals surface area contributed by atoms with E-state index in [1.54, 1.807) is 20.8 Å². The maximum Gasteiger partial charge on any atom is 0.338 e. The zero-order valence-electron chi connectivity index (χ0n) is 12.6. The molecule has 0 bridgehead atoms. The minimum atomic E-state index is -2.19. The van der Waals surface area contributed by atoms with Gasteiger partial charge in [0, 0.05) is 12.5 Å². The Balaban J connectivity index is 4.71. The molecule has 2 unspecified atom stereocenters. The minimum Gasteiger partial charge on any atom is -0.481 e. The molecule has 0 aliphatic rings. The van der Waals surface area contributed by atoms with Gasteiger partial charge in [-0.1, -0.05) is 0 Å². The Hall–Kier alpha value is -1.67. The van der Waals surface area contributed by atoms with Crippen LogP contribution in [0.15, 0.2) is 0 Å². The molecule has 0 heterocycles. The van der Waals surface area contributed by atoms with Crippen molar-refractivity contribution in [2.45, 2.75) is 63.6 Å². The van der Waals surface area contributed by atoms with Crippen molar-refractivity contribution < 1.29 is 29.3 Å². The van der Waals surface area contributed by atoms with Crippen LogP contribution >= 0.6 is 0 Å². The van der Waals surface area contributed by atoms with Crippen LogP contribution < -0.4 is 11.5 Å². The van der Waals surface area contributed by atoms with Crippen LogP contribution in [0.3, 0.4) is 0 Å². The number of aliphatic carboxylic acids is 2. The highest BCUT2D eigenvalue weighted by Crippen LogP contribution is 2.19. The summed E-state index contributed by atoms with van der Waals surface area (Å²) < 4.78 is 5.01. The van der Waals surface area contributed by atoms with Crippen molar-refractivity contribution in [2.24, 2.45) is 11.5 Å². The van der Waals surface area contributed by atoms with Gasteiger partial charge in [-0.25, -0.2) is 9.59 Å². The standard InChI is InChI=1S/C13H24N2O6/c1-12(2,3)21-11(20)13(15,10(18)19)7-6-8(14)4-5-9(16)17/h8H,4-7,14-15H2,1-3H3,(H,16,17)(H,18,19). The van der Waals surface area contributed by atoms with Crippen molar-refractivity contribution in [1.82, 2.24) is 0 Å². The van der Waals surface area contributed by atoms with Gasteiger partial charge >= 0.3 is 17.9 Å². The lowest BCUT2D eigenvalue weighted by molar-refractivity contribution is -0.169. The van der Waals surface area contributed by atoms with Crippen molar-refractivity contribution >= 4 is 17.9 Å². The molecule has 0 aliphatic heterocycles. The Morgan fingerprint density at radius 3 is 2.05 bits per heavy atom. The number of esters is 1. The quantitative estimate of drug-likeness (QED) is 0.363. The van der Waals surface area contributed by atoms with Gasteiger partial charge in [-0.05, 0) is 40.0 Å². The van der Waals surface area contributed by atoms with Gasteiger partial charge in [0.1, 0.15) is 5.60 Å². The number of carbonyl (C=O) groups excluding carboxylic acids is 1. The molecule has 21 heavy (non-hydrogen) atoms. The summed E-state index contributed by atoms with van der Waals surface area (Å²) >= 11 is 0. The fourth-order valence-corrected chi connectivity index (χ4v) is 1.53. The molecule has 0 rings (SSSR count). The molecule has 0 saturated heterocycles. The second-order valence-electron chi connectivity index (χ2n) is 6.01. The second-order valence-corrected chi connectivity index (χ2v) is 6.01. The first-order chi connectivity index (χ1) is 9.38. The Kier molecular flexibility index (Phi) is 6.78. The third-order valence-electron chi connectivity index (χ3n) is 2.78. The first-order valence-electron chi connectivity index (χ1n) is 6.61. The van der Waals surface area contributed by atoms with Crippen molar-refractivity contribution in [3.63, 3.8) is 0 Å². The highest BCUT2D eigenvalue weighted by atomic mass is 16.6. The van der Waals surface area contributed by atoms with Crippen LogP contribution in [0.4, 0.5) is 0 Å². The summed E-state index contributed by atoms with van der Waals surface area (Å²) in [6.07, 6.45) is -0.0645. The van der Waals surface area contributed by atoms with Gasteiger partial charge in [0.05, 0.1) is 0 Å². The number of hydrogen-bond donors (Lipinski definition) is 4. The van der Waals surface area contributed by atoms with E-state index >= 15 is 0 Å². The van der Waals surface area contributed by atoms with E-state index in [4.69, 9.17) is 21.3 Å². The van der Waals surface area contributed by atoms with E-state index in [1.807, 2.05) is 0 Å². The summed E-state index contributed by atoms with van der Waals surface area (Å²) in [5, 5.41) is 17.7. The Morgan fingerprint density at radius 2 is 1.67 bits per heavy atom. The molecule has 8 heteroatoms. The predicted molar refractivity (Wildman–Crippen MR) is 74.5 cm³/mol. The molecule has 6 N–H and O–H groups in total. The van der Waals surface area contributed by atoms with E-state index in [1.165, 1.54) is 0 Å². The predicted octanol–water partition coefficient (Wildman–Crippen LogP) is 0.0825. The van der Waals surface area contributed by atoms with Crippen LogP contribution in [-0.4, -0.2) is 45.3 Å². The monoisotopic (exact) mass is 304 g/mol. The first-order valence-corrected chi connectivity index (χ1v) is 6.61. The number of rotatable bonds is 8. The number of ether oxygens (including phenoxy) is 1. The zero-order chi connectivity index (χ0) is 16.8.